The van der Waals surface area contributed by atoms with Crippen LogP contribution >= 0.6 is 0 Å². The number of rotatable bonds is 4. The normalized spacial score (nSPS) is 14.8. The summed E-state index contributed by atoms with van der Waals surface area (Å²) < 4.78 is 28.5. The Labute approximate surface area is 187 Å². The van der Waals surface area contributed by atoms with Crippen LogP contribution in [0.3, 0.4) is 0 Å². The summed E-state index contributed by atoms with van der Waals surface area (Å²) in [5.41, 5.74) is 3.51. The summed E-state index contributed by atoms with van der Waals surface area (Å²) in [7, 11) is 1.59. The Morgan fingerprint density at radius 2 is 1.88 bits per heavy atom. The molecular formula is C23H20FN7O2. The molecule has 0 saturated carbocycles. The van der Waals surface area contributed by atoms with Crippen molar-refractivity contribution in [3.8, 4) is 23.2 Å². The van der Waals surface area contributed by atoms with Gasteiger partial charge in [0, 0.05) is 43.1 Å². The van der Waals surface area contributed by atoms with E-state index in [1.807, 2.05) is 12.1 Å². The van der Waals surface area contributed by atoms with Gasteiger partial charge in [0.1, 0.15) is 23.5 Å². The summed E-state index contributed by atoms with van der Waals surface area (Å²) in [6.07, 6.45) is 6.74. The number of halogens is 1. The second kappa shape index (κ2) is 7.89. The van der Waals surface area contributed by atoms with Crippen LogP contribution in [-0.4, -0.2) is 54.4 Å². The van der Waals surface area contributed by atoms with Crippen molar-refractivity contribution in [3.05, 3.63) is 54.9 Å². The number of fused-ring (bicyclic) bond motifs is 2. The molecule has 10 heteroatoms. The van der Waals surface area contributed by atoms with Crippen molar-refractivity contribution in [2.75, 3.05) is 20.3 Å². The fourth-order valence-corrected chi connectivity index (χ4v) is 4.26. The summed E-state index contributed by atoms with van der Waals surface area (Å²) in [6.45, 7) is 1.35. The first-order chi connectivity index (χ1) is 16.2. The molecular weight excluding hydrogens is 425 g/mol. The van der Waals surface area contributed by atoms with E-state index in [2.05, 4.69) is 19.5 Å². The molecule has 5 heterocycles. The van der Waals surface area contributed by atoms with Crippen molar-refractivity contribution in [1.29, 1.82) is 0 Å². The van der Waals surface area contributed by atoms with Crippen LogP contribution in [0.5, 0.6) is 5.88 Å². The minimum Gasteiger partial charge on any atom is -0.481 e. The van der Waals surface area contributed by atoms with Crippen LogP contribution in [0, 0.1) is 5.82 Å². The average Bonchev–Trinajstić information content (AvgIpc) is 3.45. The van der Waals surface area contributed by atoms with Gasteiger partial charge >= 0.3 is 0 Å². The van der Waals surface area contributed by atoms with Crippen molar-refractivity contribution in [3.63, 3.8) is 0 Å². The van der Waals surface area contributed by atoms with E-state index in [-0.39, 0.29) is 11.9 Å². The molecule has 6 rings (SSSR count). The quantitative estimate of drug-likeness (QED) is 0.416. The summed E-state index contributed by atoms with van der Waals surface area (Å²) >= 11 is 0. The largest absolute Gasteiger partial charge is 0.481 e. The van der Waals surface area contributed by atoms with E-state index >= 15 is 0 Å². The van der Waals surface area contributed by atoms with E-state index in [1.54, 1.807) is 36.5 Å². The van der Waals surface area contributed by atoms with Gasteiger partial charge in [0.15, 0.2) is 5.65 Å². The number of imidazole rings is 2. The summed E-state index contributed by atoms with van der Waals surface area (Å²) in [5.74, 6) is 1.36. The fourth-order valence-electron chi connectivity index (χ4n) is 4.26. The number of pyridine rings is 1. The predicted octanol–water partition coefficient (Wildman–Crippen LogP) is 3.73. The number of aromatic nitrogens is 7. The zero-order valence-corrected chi connectivity index (χ0v) is 17.8. The van der Waals surface area contributed by atoms with Crippen molar-refractivity contribution >= 4 is 22.2 Å². The lowest BCUT2D eigenvalue weighted by Gasteiger charge is -2.25. The summed E-state index contributed by atoms with van der Waals surface area (Å²) in [6, 6.07) is 8.37. The second-order valence-electron chi connectivity index (χ2n) is 7.86. The molecule has 0 bridgehead atoms. The van der Waals surface area contributed by atoms with Gasteiger partial charge in [-0.2, -0.15) is 4.98 Å². The Morgan fingerprint density at radius 1 is 1.00 bits per heavy atom. The molecule has 33 heavy (non-hydrogen) atoms. The smallest absolute Gasteiger partial charge is 0.237 e. The molecule has 9 nitrogen and oxygen atoms in total. The highest BCUT2D eigenvalue weighted by atomic mass is 19.1. The molecule has 1 saturated heterocycles. The van der Waals surface area contributed by atoms with Gasteiger partial charge in [0.05, 0.1) is 24.3 Å². The van der Waals surface area contributed by atoms with Crippen LogP contribution in [0.4, 0.5) is 4.39 Å². The van der Waals surface area contributed by atoms with Gasteiger partial charge in [-0.1, -0.05) is 0 Å². The third kappa shape index (κ3) is 3.39. The molecule has 1 aliphatic heterocycles. The molecule has 4 aromatic heterocycles. The van der Waals surface area contributed by atoms with Crippen molar-refractivity contribution in [1.82, 2.24) is 34.1 Å². The molecule has 1 fully saturated rings. The molecule has 0 radical (unpaired) electrons. The van der Waals surface area contributed by atoms with Crippen LogP contribution in [0.15, 0.2) is 49.1 Å². The van der Waals surface area contributed by atoms with E-state index in [4.69, 9.17) is 19.4 Å². The molecule has 166 valence electrons. The highest BCUT2D eigenvalue weighted by Crippen LogP contribution is 2.32. The third-order valence-electron chi connectivity index (χ3n) is 5.90. The second-order valence-corrected chi connectivity index (χ2v) is 7.86. The first kappa shape index (κ1) is 19.7. The standard InChI is InChI=1S/C23H20FN7O2/c1-32-20-5-2-14(11-25-20)21-28-18-12-26-23(29-22(18)31(21)16-6-8-33-9-7-16)30-13-27-17-4-3-15(24)10-19(17)30/h2-5,10-13,16H,6-9H2,1H3. The Morgan fingerprint density at radius 3 is 2.67 bits per heavy atom. The van der Waals surface area contributed by atoms with Crippen LogP contribution in [-0.2, 0) is 4.74 Å². The molecule has 1 aliphatic rings. The van der Waals surface area contributed by atoms with E-state index in [0.717, 1.165) is 24.2 Å². The van der Waals surface area contributed by atoms with Crippen molar-refractivity contribution in [2.45, 2.75) is 18.9 Å². The maximum atomic E-state index is 13.9. The summed E-state index contributed by atoms with van der Waals surface area (Å²) in [5, 5.41) is 0. The minimum absolute atomic E-state index is 0.167. The van der Waals surface area contributed by atoms with E-state index in [1.165, 1.54) is 12.1 Å². The predicted molar refractivity (Wildman–Crippen MR) is 119 cm³/mol. The molecule has 1 aromatic carbocycles. The Balaban J connectivity index is 1.54. The Bertz CT molecular complexity index is 1460. The maximum Gasteiger partial charge on any atom is 0.237 e. The lowest BCUT2D eigenvalue weighted by molar-refractivity contribution is 0.0708. The number of methoxy groups -OCH3 is 1. The lowest BCUT2D eigenvalue weighted by atomic mass is 10.1. The molecule has 0 aliphatic carbocycles. The Hall–Kier alpha value is -3.92. The van der Waals surface area contributed by atoms with E-state index in [0.29, 0.717) is 47.2 Å². The number of benzene rings is 1. The monoisotopic (exact) mass is 445 g/mol. The third-order valence-corrected chi connectivity index (χ3v) is 5.90. The van der Waals surface area contributed by atoms with Gasteiger partial charge in [0.2, 0.25) is 11.8 Å². The number of ether oxygens (including phenoxy) is 2. The first-order valence-electron chi connectivity index (χ1n) is 10.7. The average molecular weight is 445 g/mol. The number of hydrogen-bond donors (Lipinski definition) is 0. The molecule has 0 unspecified atom stereocenters. The topological polar surface area (TPSA) is 92.8 Å². The zero-order valence-electron chi connectivity index (χ0n) is 17.8. The summed E-state index contributed by atoms with van der Waals surface area (Å²) in [4.78, 5) is 22.9. The fraction of sp³-hybridized carbons (Fsp3) is 0.261. The van der Waals surface area contributed by atoms with Gasteiger partial charge in [-0.25, -0.2) is 24.3 Å². The van der Waals surface area contributed by atoms with Crippen LogP contribution in [0.2, 0.25) is 0 Å². The van der Waals surface area contributed by atoms with Crippen molar-refractivity contribution in [2.24, 2.45) is 0 Å². The SMILES string of the molecule is COc1ccc(-c2nc3cnc(-n4cnc5ccc(F)cc54)nc3n2C2CCOCC2)cn1. The van der Waals surface area contributed by atoms with E-state index < -0.39 is 0 Å². The van der Waals surface area contributed by atoms with E-state index in [9.17, 15) is 4.39 Å². The van der Waals surface area contributed by atoms with Gasteiger partial charge in [-0.05, 0) is 31.0 Å². The molecule has 0 amide bonds. The number of nitrogens with zero attached hydrogens (tertiary/aromatic N) is 7. The molecule has 0 N–H and O–H groups in total. The highest BCUT2D eigenvalue weighted by Gasteiger charge is 2.24. The van der Waals surface area contributed by atoms with Crippen LogP contribution in [0.25, 0.3) is 39.5 Å². The maximum absolute atomic E-state index is 13.9. The number of hydrogen-bond acceptors (Lipinski definition) is 7. The highest BCUT2D eigenvalue weighted by molar-refractivity contribution is 5.79. The van der Waals surface area contributed by atoms with Gasteiger partial charge in [-0.3, -0.25) is 4.57 Å². The van der Waals surface area contributed by atoms with Crippen molar-refractivity contribution < 1.29 is 13.9 Å². The Kier molecular flexibility index (Phi) is 4.72. The minimum atomic E-state index is -0.341. The molecule has 0 spiro atoms. The van der Waals surface area contributed by atoms with Crippen LogP contribution < -0.4 is 4.74 Å². The first-order valence-corrected chi connectivity index (χ1v) is 10.7. The zero-order chi connectivity index (χ0) is 22.4. The van der Waals surface area contributed by atoms with Gasteiger partial charge in [0.25, 0.3) is 0 Å². The van der Waals surface area contributed by atoms with Gasteiger partial charge in [-0.15, -0.1) is 0 Å². The molecule has 5 aromatic rings. The van der Waals surface area contributed by atoms with Gasteiger partial charge < -0.3 is 14.0 Å². The van der Waals surface area contributed by atoms with Crippen LogP contribution in [0.1, 0.15) is 18.9 Å². The lowest BCUT2D eigenvalue weighted by Crippen LogP contribution is -2.20. The molecule has 0 atom stereocenters.